The highest BCUT2D eigenvalue weighted by Gasteiger charge is 2.52. The smallest absolute Gasteiger partial charge is 0.151 e. The summed E-state index contributed by atoms with van der Waals surface area (Å²) >= 11 is 0. The standard InChI is InChI=1S/C21H23FN6O/c1-26-11-13-9-17(26)20(22)21(13)27(2)19-6-5-16(24-25-19)15-4-3-14(10-18(15)29)28-8-7-23-12-28/h3-8,10,12-13,17,20-21,29H,9,11H2,1-2H3/t13?,17?,20-,21-/m1/s1. The van der Waals surface area contributed by atoms with Crippen LogP contribution >= 0.6 is 0 Å². The van der Waals surface area contributed by atoms with Gasteiger partial charge in [-0.05, 0) is 43.7 Å². The number of phenols is 1. The van der Waals surface area contributed by atoms with Crippen LogP contribution in [0.3, 0.4) is 0 Å². The molecule has 1 saturated carbocycles. The van der Waals surface area contributed by atoms with Gasteiger partial charge in [-0.1, -0.05) is 0 Å². The molecule has 4 atom stereocenters. The molecule has 7 nitrogen and oxygen atoms in total. The van der Waals surface area contributed by atoms with Gasteiger partial charge in [0.05, 0.1) is 23.8 Å². The molecule has 1 aliphatic carbocycles. The fourth-order valence-electron chi connectivity index (χ4n) is 4.83. The number of hydrogen-bond donors (Lipinski definition) is 1. The van der Waals surface area contributed by atoms with Gasteiger partial charge in [-0.2, -0.15) is 0 Å². The van der Waals surface area contributed by atoms with Gasteiger partial charge in [-0.25, -0.2) is 9.37 Å². The van der Waals surface area contributed by atoms with Crippen molar-refractivity contribution >= 4 is 5.82 Å². The van der Waals surface area contributed by atoms with E-state index in [9.17, 15) is 9.50 Å². The van der Waals surface area contributed by atoms with E-state index in [2.05, 4.69) is 20.1 Å². The number of fused-ring (bicyclic) bond motifs is 2. The average Bonchev–Trinajstić information content (AvgIpc) is 3.44. The Bertz CT molecular complexity index is 1010. The van der Waals surface area contributed by atoms with Gasteiger partial charge >= 0.3 is 0 Å². The maximum atomic E-state index is 14.9. The van der Waals surface area contributed by atoms with Gasteiger partial charge in [-0.3, -0.25) is 0 Å². The third-order valence-corrected chi connectivity index (χ3v) is 6.33. The summed E-state index contributed by atoms with van der Waals surface area (Å²) in [5, 5.41) is 19.1. The second-order valence-electron chi connectivity index (χ2n) is 8.00. The Morgan fingerprint density at radius 1 is 1.21 bits per heavy atom. The Balaban J connectivity index is 1.37. The first-order valence-corrected chi connectivity index (χ1v) is 9.75. The van der Waals surface area contributed by atoms with Crippen molar-refractivity contribution in [2.45, 2.75) is 24.7 Å². The van der Waals surface area contributed by atoms with Crippen molar-refractivity contribution < 1.29 is 9.50 Å². The van der Waals surface area contributed by atoms with Gasteiger partial charge in [0.25, 0.3) is 0 Å². The van der Waals surface area contributed by atoms with Gasteiger partial charge in [-0.15, -0.1) is 10.2 Å². The molecule has 0 amide bonds. The van der Waals surface area contributed by atoms with Gasteiger partial charge < -0.3 is 19.5 Å². The molecule has 29 heavy (non-hydrogen) atoms. The lowest BCUT2D eigenvalue weighted by Gasteiger charge is -2.37. The van der Waals surface area contributed by atoms with Crippen molar-refractivity contribution in [3.63, 3.8) is 0 Å². The van der Waals surface area contributed by atoms with Crippen LogP contribution in [0.4, 0.5) is 10.2 Å². The molecule has 1 saturated heterocycles. The molecule has 0 spiro atoms. The Morgan fingerprint density at radius 3 is 2.69 bits per heavy atom. The fourth-order valence-corrected chi connectivity index (χ4v) is 4.83. The molecule has 2 unspecified atom stereocenters. The molecular weight excluding hydrogens is 371 g/mol. The van der Waals surface area contributed by atoms with Crippen molar-refractivity contribution in [2.24, 2.45) is 5.92 Å². The summed E-state index contributed by atoms with van der Waals surface area (Å²) in [4.78, 5) is 8.05. The molecule has 0 radical (unpaired) electrons. The summed E-state index contributed by atoms with van der Waals surface area (Å²) in [5.41, 5.74) is 1.98. The Morgan fingerprint density at radius 2 is 2.07 bits per heavy atom. The second-order valence-corrected chi connectivity index (χ2v) is 8.00. The van der Waals surface area contributed by atoms with Crippen LogP contribution in [0.1, 0.15) is 6.42 Å². The summed E-state index contributed by atoms with van der Waals surface area (Å²) in [6, 6.07) is 8.85. The van der Waals surface area contributed by atoms with E-state index in [1.54, 1.807) is 24.7 Å². The van der Waals surface area contributed by atoms with Crippen LogP contribution in [0.5, 0.6) is 5.75 Å². The lowest BCUT2D eigenvalue weighted by atomic mass is 10.0. The van der Waals surface area contributed by atoms with Crippen LogP contribution in [-0.2, 0) is 0 Å². The molecule has 3 aromatic rings. The molecular formula is C21H23FN6O. The number of nitrogens with zero attached hydrogens (tertiary/aromatic N) is 6. The Labute approximate surface area is 168 Å². The van der Waals surface area contributed by atoms with E-state index in [-0.39, 0.29) is 17.8 Å². The van der Waals surface area contributed by atoms with Crippen LogP contribution in [0.25, 0.3) is 16.9 Å². The minimum Gasteiger partial charge on any atom is -0.507 e. The number of halogens is 1. The fraction of sp³-hybridized carbons (Fsp3) is 0.381. The van der Waals surface area contributed by atoms with Crippen molar-refractivity contribution in [1.29, 1.82) is 0 Å². The van der Waals surface area contributed by atoms with Crippen LogP contribution in [-0.4, -0.2) is 68.7 Å². The molecule has 2 aromatic heterocycles. The van der Waals surface area contributed by atoms with Gasteiger partial charge in [0, 0.05) is 43.7 Å². The number of aromatic nitrogens is 4. The number of rotatable bonds is 4. The molecule has 2 aliphatic rings. The van der Waals surface area contributed by atoms with Crippen molar-refractivity contribution in [3.8, 4) is 22.7 Å². The first-order chi connectivity index (χ1) is 14.0. The van der Waals surface area contributed by atoms with Crippen molar-refractivity contribution in [2.75, 3.05) is 25.5 Å². The largest absolute Gasteiger partial charge is 0.507 e. The Hall–Kier alpha value is -3.00. The van der Waals surface area contributed by atoms with E-state index < -0.39 is 6.17 Å². The van der Waals surface area contributed by atoms with Crippen LogP contribution in [0.2, 0.25) is 0 Å². The normalized spacial score (nSPS) is 26.2. The lowest BCUT2D eigenvalue weighted by molar-refractivity contribution is 0.126. The predicted octanol–water partition coefficient (Wildman–Crippen LogP) is 2.51. The maximum Gasteiger partial charge on any atom is 0.151 e. The van der Waals surface area contributed by atoms with E-state index in [0.29, 0.717) is 23.0 Å². The third kappa shape index (κ3) is 2.95. The highest BCUT2D eigenvalue weighted by atomic mass is 19.1. The Kier molecular flexibility index (Phi) is 4.24. The van der Waals surface area contributed by atoms with E-state index in [1.165, 1.54) is 0 Å². The maximum absolute atomic E-state index is 14.9. The van der Waals surface area contributed by atoms with E-state index in [1.807, 2.05) is 48.0 Å². The number of alkyl halides is 1. The number of benzene rings is 1. The first-order valence-electron chi connectivity index (χ1n) is 9.75. The summed E-state index contributed by atoms with van der Waals surface area (Å²) < 4.78 is 16.7. The number of anilines is 1. The summed E-state index contributed by atoms with van der Waals surface area (Å²) in [6.45, 7) is 0.919. The monoisotopic (exact) mass is 394 g/mol. The summed E-state index contributed by atoms with van der Waals surface area (Å²) in [6.07, 6.45) is 5.18. The van der Waals surface area contributed by atoms with Crippen LogP contribution in [0.15, 0.2) is 49.1 Å². The molecule has 3 heterocycles. The van der Waals surface area contributed by atoms with Gasteiger partial charge in [0.1, 0.15) is 11.9 Å². The molecule has 1 aromatic carbocycles. The third-order valence-electron chi connectivity index (χ3n) is 6.33. The lowest BCUT2D eigenvalue weighted by Crippen LogP contribution is -2.51. The summed E-state index contributed by atoms with van der Waals surface area (Å²) in [7, 11) is 3.88. The zero-order valence-electron chi connectivity index (χ0n) is 16.4. The SMILES string of the molecule is CN1CC2CC1[C@@H](F)[C@@H]2N(C)c1ccc(-c2ccc(-n3ccnc3)cc2O)nn1. The zero-order chi connectivity index (χ0) is 20.1. The van der Waals surface area contributed by atoms with E-state index in [4.69, 9.17) is 0 Å². The number of phenolic OH excluding ortho intramolecular Hbond substituents is 1. The predicted molar refractivity (Wildman–Crippen MR) is 108 cm³/mol. The minimum atomic E-state index is -0.884. The molecule has 5 rings (SSSR count). The number of piperidine rings is 1. The van der Waals surface area contributed by atoms with E-state index >= 15 is 0 Å². The average molecular weight is 394 g/mol. The molecule has 1 N–H and O–H groups in total. The summed E-state index contributed by atoms with van der Waals surface area (Å²) in [5.74, 6) is 1.07. The van der Waals surface area contributed by atoms with Crippen LogP contribution in [0, 0.1) is 5.92 Å². The van der Waals surface area contributed by atoms with Gasteiger partial charge in [0.15, 0.2) is 5.82 Å². The molecule has 2 fully saturated rings. The quantitative estimate of drug-likeness (QED) is 0.733. The molecule has 2 bridgehead atoms. The second kappa shape index (κ2) is 6.81. The minimum absolute atomic E-state index is 0.00522. The van der Waals surface area contributed by atoms with Crippen molar-refractivity contribution in [1.82, 2.24) is 24.6 Å². The molecule has 8 heteroatoms. The van der Waals surface area contributed by atoms with Gasteiger partial charge in [0.2, 0.25) is 0 Å². The number of imidazole rings is 1. The number of aromatic hydroxyl groups is 1. The molecule has 1 aliphatic heterocycles. The highest BCUT2D eigenvalue weighted by molar-refractivity contribution is 5.69. The highest BCUT2D eigenvalue weighted by Crippen LogP contribution is 2.42. The zero-order valence-corrected chi connectivity index (χ0v) is 16.4. The van der Waals surface area contributed by atoms with Crippen LogP contribution < -0.4 is 4.90 Å². The molecule has 150 valence electrons. The first kappa shape index (κ1) is 18.1. The van der Waals surface area contributed by atoms with E-state index in [0.717, 1.165) is 18.7 Å². The number of likely N-dealkylation sites (tertiary alicyclic amines) is 1. The van der Waals surface area contributed by atoms with Crippen molar-refractivity contribution in [3.05, 3.63) is 49.1 Å². The topological polar surface area (TPSA) is 70.3 Å². The number of hydrogen-bond acceptors (Lipinski definition) is 6.